The molecular weight excluding hydrogens is 250 g/mol. The number of nitrogens with zero attached hydrogens (tertiary/aromatic N) is 4. The van der Waals surface area contributed by atoms with E-state index in [9.17, 15) is 0 Å². The van der Waals surface area contributed by atoms with Gasteiger partial charge in [-0.1, -0.05) is 11.6 Å². The van der Waals surface area contributed by atoms with Crippen molar-refractivity contribution >= 4 is 23.1 Å². The van der Waals surface area contributed by atoms with Gasteiger partial charge >= 0.3 is 0 Å². The summed E-state index contributed by atoms with van der Waals surface area (Å²) in [6, 6.07) is 5.54. The molecule has 0 aliphatic rings. The van der Waals surface area contributed by atoms with Gasteiger partial charge < -0.3 is 5.73 Å². The number of fused-ring (bicyclic) bond motifs is 1. The Kier molecular flexibility index (Phi) is 2.48. The molecule has 18 heavy (non-hydrogen) atoms. The molecule has 3 aromatic rings. The van der Waals surface area contributed by atoms with Gasteiger partial charge in [-0.25, -0.2) is 4.98 Å². The van der Waals surface area contributed by atoms with E-state index in [0.717, 1.165) is 23.6 Å². The molecule has 92 valence electrons. The lowest BCUT2D eigenvalue weighted by Crippen LogP contribution is -2.01. The topological polar surface area (TPSA) is 61.1 Å². The molecule has 3 rings (SSSR count). The summed E-state index contributed by atoms with van der Waals surface area (Å²) < 4.78 is 3.64. The quantitative estimate of drug-likeness (QED) is 0.771. The summed E-state index contributed by atoms with van der Waals surface area (Å²) in [6.07, 6.45) is 3.50. The maximum absolute atomic E-state index is 6.12. The predicted molar refractivity (Wildman–Crippen MR) is 71.5 cm³/mol. The van der Waals surface area contributed by atoms with Crippen LogP contribution in [-0.4, -0.2) is 19.2 Å². The summed E-state index contributed by atoms with van der Waals surface area (Å²) >= 11 is 5.96. The number of anilines is 1. The van der Waals surface area contributed by atoms with Crippen LogP contribution in [0.3, 0.4) is 0 Å². The van der Waals surface area contributed by atoms with Crippen LogP contribution in [0.25, 0.3) is 17.0 Å². The molecule has 0 radical (unpaired) electrons. The van der Waals surface area contributed by atoms with Crippen molar-refractivity contribution in [1.29, 1.82) is 0 Å². The number of rotatable bonds is 2. The molecule has 0 aromatic carbocycles. The second-order valence-electron chi connectivity index (χ2n) is 3.95. The van der Waals surface area contributed by atoms with Crippen molar-refractivity contribution in [1.82, 2.24) is 19.2 Å². The number of pyridine rings is 1. The van der Waals surface area contributed by atoms with Gasteiger partial charge in [0.05, 0.1) is 10.7 Å². The van der Waals surface area contributed by atoms with Crippen LogP contribution >= 0.6 is 11.6 Å². The SMILES string of the molecule is CCn1nccc1-c1nc2ccc(Cl)cn2c1N. The molecule has 0 bridgehead atoms. The zero-order chi connectivity index (χ0) is 12.7. The molecule has 0 saturated carbocycles. The van der Waals surface area contributed by atoms with Crippen molar-refractivity contribution in [3.63, 3.8) is 0 Å². The highest BCUT2D eigenvalue weighted by atomic mass is 35.5. The van der Waals surface area contributed by atoms with Crippen LogP contribution in [0.15, 0.2) is 30.6 Å². The molecule has 0 fully saturated rings. The molecule has 5 nitrogen and oxygen atoms in total. The van der Waals surface area contributed by atoms with Gasteiger partial charge in [0.25, 0.3) is 0 Å². The van der Waals surface area contributed by atoms with E-state index in [-0.39, 0.29) is 0 Å². The van der Waals surface area contributed by atoms with Gasteiger partial charge in [0.1, 0.15) is 17.2 Å². The van der Waals surface area contributed by atoms with E-state index in [0.29, 0.717) is 10.8 Å². The summed E-state index contributed by atoms with van der Waals surface area (Å²) in [4.78, 5) is 4.52. The summed E-state index contributed by atoms with van der Waals surface area (Å²) in [5.74, 6) is 0.572. The molecule has 0 spiro atoms. The largest absolute Gasteiger partial charge is 0.383 e. The number of halogens is 1. The normalized spacial score (nSPS) is 11.2. The van der Waals surface area contributed by atoms with Crippen molar-refractivity contribution in [2.24, 2.45) is 0 Å². The number of nitrogens with two attached hydrogens (primary N) is 1. The lowest BCUT2D eigenvalue weighted by molar-refractivity contribution is 0.666. The number of imidazole rings is 1. The minimum atomic E-state index is 0.572. The molecule has 6 heteroatoms. The Balaban J connectivity index is 2.27. The number of hydrogen-bond donors (Lipinski definition) is 1. The summed E-state index contributed by atoms with van der Waals surface area (Å²) in [6.45, 7) is 2.80. The lowest BCUT2D eigenvalue weighted by Gasteiger charge is -2.02. The van der Waals surface area contributed by atoms with Gasteiger partial charge in [-0.05, 0) is 25.1 Å². The average Bonchev–Trinajstić information content (AvgIpc) is 2.94. The van der Waals surface area contributed by atoms with Gasteiger partial charge in [-0.3, -0.25) is 9.08 Å². The first-order valence-corrected chi connectivity index (χ1v) is 6.03. The first kappa shape index (κ1) is 11.1. The van der Waals surface area contributed by atoms with Crippen LogP contribution in [0.5, 0.6) is 0 Å². The highest BCUT2D eigenvalue weighted by Gasteiger charge is 2.14. The maximum Gasteiger partial charge on any atom is 0.139 e. The Morgan fingerprint density at radius 1 is 1.33 bits per heavy atom. The van der Waals surface area contributed by atoms with E-state index in [1.807, 2.05) is 23.7 Å². The van der Waals surface area contributed by atoms with Crippen molar-refractivity contribution in [2.45, 2.75) is 13.5 Å². The molecule has 2 N–H and O–H groups in total. The minimum Gasteiger partial charge on any atom is -0.383 e. The maximum atomic E-state index is 6.12. The molecule has 3 aromatic heterocycles. The number of hydrogen-bond acceptors (Lipinski definition) is 3. The number of aryl methyl sites for hydroxylation is 1. The zero-order valence-electron chi connectivity index (χ0n) is 9.84. The van der Waals surface area contributed by atoms with Crippen molar-refractivity contribution < 1.29 is 0 Å². The number of nitrogen functional groups attached to an aromatic ring is 1. The third-order valence-corrected chi connectivity index (χ3v) is 3.10. The summed E-state index contributed by atoms with van der Waals surface area (Å²) in [7, 11) is 0. The van der Waals surface area contributed by atoms with E-state index in [1.165, 1.54) is 0 Å². The molecular formula is C12H12ClN5. The minimum absolute atomic E-state index is 0.572. The highest BCUT2D eigenvalue weighted by molar-refractivity contribution is 6.30. The van der Waals surface area contributed by atoms with Crippen LogP contribution in [0.2, 0.25) is 5.02 Å². The molecule has 0 atom stereocenters. The van der Waals surface area contributed by atoms with Gasteiger partial charge in [-0.2, -0.15) is 5.10 Å². The fourth-order valence-electron chi connectivity index (χ4n) is 2.01. The van der Waals surface area contributed by atoms with E-state index in [2.05, 4.69) is 10.1 Å². The van der Waals surface area contributed by atoms with Crippen LogP contribution in [0.4, 0.5) is 5.82 Å². The molecule has 0 aliphatic carbocycles. The molecule has 0 saturated heterocycles. The average molecular weight is 262 g/mol. The Hall–Kier alpha value is -2.01. The van der Waals surface area contributed by atoms with Crippen molar-refractivity contribution in [3.05, 3.63) is 35.6 Å². The first-order chi connectivity index (χ1) is 8.70. The van der Waals surface area contributed by atoms with E-state index in [4.69, 9.17) is 17.3 Å². The molecule has 0 amide bonds. The zero-order valence-corrected chi connectivity index (χ0v) is 10.6. The number of aromatic nitrogens is 4. The second-order valence-corrected chi connectivity index (χ2v) is 4.39. The smallest absolute Gasteiger partial charge is 0.139 e. The standard InChI is InChI=1S/C12H12ClN5/c1-2-18-9(5-6-15-18)11-12(14)17-7-8(13)3-4-10(17)16-11/h3-7H,2,14H2,1H3. The Morgan fingerprint density at radius 2 is 2.17 bits per heavy atom. The fraction of sp³-hybridized carbons (Fsp3) is 0.167. The molecule has 0 aliphatic heterocycles. The third-order valence-electron chi connectivity index (χ3n) is 2.88. The van der Waals surface area contributed by atoms with E-state index in [1.54, 1.807) is 22.9 Å². The van der Waals surface area contributed by atoms with Gasteiger partial charge in [0, 0.05) is 18.9 Å². The highest BCUT2D eigenvalue weighted by Crippen LogP contribution is 2.27. The molecule has 0 unspecified atom stereocenters. The van der Waals surface area contributed by atoms with E-state index >= 15 is 0 Å². The predicted octanol–water partition coefficient (Wildman–Crippen LogP) is 2.45. The van der Waals surface area contributed by atoms with Crippen LogP contribution < -0.4 is 5.73 Å². The molecule has 3 heterocycles. The van der Waals surface area contributed by atoms with Crippen LogP contribution in [-0.2, 0) is 6.54 Å². The Labute approximate surface area is 109 Å². The summed E-state index contributed by atoms with van der Waals surface area (Å²) in [5, 5.41) is 4.85. The first-order valence-electron chi connectivity index (χ1n) is 5.66. The van der Waals surface area contributed by atoms with Crippen LogP contribution in [0.1, 0.15) is 6.92 Å². The fourth-order valence-corrected chi connectivity index (χ4v) is 2.17. The van der Waals surface area contributed by atoms with Gasteiger partial charge in [0.2, 0.25) is 0 Å². The van der Waals surface area contributed by atoms with Gasteiger partial charge in [-0.15, -0.1) is 0 Å². The Bertz CT molecular complexity index is 712. The Morgan fingerprint density at radius 3 is 2.94 bits per heavy atom. The van der Waals surface area contributed by atoms with Crippen molar-refractivity contribution in [2.75, 3.05) is 5.73 Å². The monoisotopic (exact) mass is 261 g/mol. The second kappa shape index (κ2) is 4.03. The third kappa shape index (κ3) is 1.55. The van der Waals surface area contributed by atoms with E-state index < -0.39 is 0 Å². The van der Waals surface area contributed by atoms with Crippen molar-refractivity contribution in [3.8, 4) is 11.4 Å². The summed E-state index contributed by atoms with van der Waals surface area (Å²) in [5.41, 5.74) is 8.54. The lowest BCUT2D eigenvalue weighted by atomic mass is 10.3. The van der Waals surface area contributed by atoms with Gasteiger partial charge in [0.15, 0.2) is 0 Å². The van der Waals surface area contributed by atoms with Crippen LogP contribution in [0, 0.1) is 0 Å².